The van der Waals surface area contributed by atoms with Gasteiger partial charge in [0.2, 0.25) is 5.91 Å². The Morgan fingerprint density at radius 2 is 1.05 bits per heavy atom. The van der Waals surface area contributed by atoms with Crippen molar-refractivity contribution in [2.24, 2.45) is 5.10 Å². The summed E-state index contributed by atoms with van der Waals surface area (Å²) < 4.78 is 0. The van der Waals surface area contributed by atoms with Crippen LogP contribution < -0.4 is 10.7 Å². The van der Waals surface area contributed by atoms with Gasteiger partial charge < -0.3 is 15.5 Å². The number of para-hydroxylation sites is 2. The normalized spacial score (nSPS) is 15.3. The molecule has 11 nitrogen and oxygen atoms in total. The van der Waals surface area contributed by atoms with Crippen molar-refractivity contribution in [3.8, 4) is 11.5 Å². The first-order valence-electron chi connectivity index (χ1n) is 20.2. The molecule has 0 atom stereocenters. The first-order valence-corrected chi connectivity index (χ1v) is 20.2. The number of nitrogens with zero attached hydrogens (tertiary/aromatic N) is 5. The minimum Gasteiger partial charge on any atom is -0.507 e. The van der Waals surface area contributed by atoms with Gasteiger partial charge in [0.05, 0.1) is 19.3 Å². The molecule has 2 saturated heterocycles. The Balaban J connectivity index is 0.000000221. The maximum atomic E-state index is 12.3. The van der Waals surface area contributed by atoms with Crippen molar-refractivity contribution < 1.29 is 19.8 Å². The highest BCUT2D eigenvalue weighted by atomic mass is 16.3. The standard InChI is InChI=1S/C24H31N3O2.C23H28N4O2/c1-2-7-21-10-6-11-22(24(21)29)12-13-25-23(28)19-27-16-14-26(15-17-27)18-20-8-4-3-5-9-20;1-2-7-20-10-6-11-21(23(20)29)16-24-25-22(28)18-27-14-12-26(13-15-27)17-19-8-4-3-5-9-19/h2-6,8-11,29H,1,7,12-19H2,(H,25,28);2-6,8-11,16,29H,1,7,12-15,17-18H2,(H,25,28)/b;24-16+. The quantitative estimate of drug-likeness (QED) is 0.0672. The van der Waals surface area contributed by atoms with Crippen molar-refractivity contribution in [1.82, 2.24) is 30.3 Å². The number of amides is 2. The molecule has 58 heavy (non-hydrogen) atoms. The van der Waals surface area contributed by atoms with Gasteiger partial charge in [0.15, 0.2) is 0 Å². The molecule has 306 valence electrons. The summed E-state index contributed by atoms with van der Waals surface area (Å²) in [5, 5.41) is 27.5. The topological polar surface area (TPSA) is 124 Å². The largest absolute Gasteiger partial charge is 0.507 e. The maximum Gasteiger partial charge on any atom is 0.254 e. The summed E-state index contributed by atoms with van der Waals surface area (Å²) in [7, 11) is 0. The van der Waals surface area contributed by atoms with Gasteiger partial charge in [-0.15, -0.1) is 13.2 Å². The van der Waals surface area contributed by atoms with E-state index in [1.807, 2.05) is 42.5 Å². The Bertz CT molecular complexity index is 1920. The van der Waals surface area contributed by atoms with Gasteiger partial charge in [-0.25, -0.2) is 5.43 Å². The van der Waals surface area contributed by atoms with Crippen LogP contribution in [0, 0.1) is 0 Å². The van der Waals surface area contributed by atoms with Gasteiger partial charge in [-0.2, -0.15) is 5.10 Å². The zero-order valence-corrected chi connectivity index (χ0v) is 33.6. The van der Waals surface area contributed by atoms with Crippen LogP contribution in [0.4, 0.5) is 0 Å². The van der Waals surface area contributed by atoms with Gasteiger partial charge >= 0.3 is 0 Å². The second-order valence-corrected chi connectivity index (χ2v) is 14.7. The molecule has 4 aromatic carbocycles. The van der Waals surface area contributed by atoms with E-state index < -0.39 is 0 Å². The molecule has 0 unspecified atom stereocenters. The van der Waals surface area contributed by atoms with E-state index in [1.165, 1.54) is 17.3 Å². The molecule has 4 aromatic rings. The number of allylic oxidation sites excluding steroid dienone is 2. The molecule has 0 aliphatic carbocycles. The van der Waals surface area contributed by atoms with Crippen LogP contribution in [-0.2, 0) is 41.9 Å². The second-order valence-electron chi connectivity index (χ2n) is 14.7. The Hall–Kier alpha value is -5.59. The Labute approximate surface area is 344 Å². The van der Waals surface area contributed by atoms with Crippen LogP contribution >= 0.6 is 0 Å². The molecule has 0 spiro atoms. The molecule has 2 fully saturated rings. The highest BCUT2D eigenvalue weighted by molar-refractivity contribution is 5.86. The number of benzene rings is 4. The van der Waals surface area contributed by atoms with E-state index in [2.05, 4.69) is 97.1 Å². The maximum absolute atomic E-state index is 12.3. The van der Waals surface area contributed by atoms with E-state index in [9.17, 15) is 19.8 Å². The lowest BCUT2D eigenvalue weighted by Gasteiger charge is -2.34. The molecule has 6 rings (SSSR count). The molecule has 11 heteroatoms. The number of hydrogen-bond acceptors (Lipinski definition) is 9. The summed E-state index contributed by atoms with van der Waals surface area (Å²) in [6, 6.07) is 32.1. The highest BCUT2D eigenvalue weighted by Gasteiger charge is 2.20. The van der Waals surface area contributed by atoms with E-state index in [0.717, 1.165) is 82.1 Å². The fourth-order valence-electron chi connectivity index (χ4n) is 7.10. The number of rotatable bonds is 17. The Kier molecular flexibility index (Phi) is 17.7. The van der Waals surface area contributed by atoms with Crippen LogP contribution in [0.25, 0.3) is 0 Å². The summed E-state index contributed by atoms with van der Waals surface area (Å²) >= 11 is 0. The van der Waals surface area contributed by atoms with E-state index in [1.54, 1.807) is 18.2 Å². The molecule has 2 aliphatic heterocycles. The van der Waals surface area contributed by atoms with Crippen LogP contribution in [0.5, 0.6) is 11.5 Å². The van der Waals surface area contributed by atoms with Crippen LogP contribution in [0.2, 0.25) is 0 Å². The van der Waals surface area contributed by atoms with Crippen molar-refractivity contribution in [2.45, 2.75) is 32.4 Å². The third-order valence-corrected chi connectivity index (χ3v) is 10.4. The second kappa shape index (κ2) is 23.6. The summed E-state index contributed by atoms with van der Waals surface area (Å²) in [5.41, 5.74) is 8.28. The summed E-state index contributed by atoms with van der Waals surface area (Å²) in [4.78, 5) is 33.6. The predicted octanol–water partition coefficient (Wildman–Crippen LogP) is 4.99. The number of phenolic OH excluding ortho intramolecular Hbond substituents is 2. The van der Waals surface area contributed by atoms with Crippen molar-refractivity contribution in [1.29, 1.82) is 0 Å². The molecule has 0 radical (unpaired) electrons. The molecule has 0 saturated carbocycles. The van der Waals surface area contributed by atoms with Crippen LogP contribution in [-0.4, -0.2) is 120 Å². The molecule has 2 heterocycles. The molecular weight excluding hydrogens is 727 g/mol. The van der Waals surface area contributed by atoms with Crippen LogP contribution in [0.1, 0.15) is 33.4 Å². The molecular formula is C47H59N7O4. The van der Waals surface area contributed by atoms with Gasteiger partial charge in [0.25, 0.3) is 5.91 Å². The number of aromatic hydroxyl groups is 2. The number of piperazine rings is 2. The number of phenols is 2. The number of carbonyl (C=O) groups is 2. The average Bonchev–Trinajstić information content (AvgIpc) is 3.23. The number of carbonyl (C=O) groups excluding carboxylic acids is 2. The van der Waals surface area contributed by atoms with Crippen LogP contribution in [0.15, 0.2) is 127 Å². The van der Waals surface area contributed by atoms with E-state index in [4.69, 9.17) is 0 Å². The van der Waals surface area contributed by atoms with Gasteiger partial charge in [0, 0.05) is 77.6 Å². The van der Waals surface area contributed by atoms with Gasteiger partial charge in [-0.1, -0.05) is 103 Å². The van der Waals surface area contributed by atoms with Crippen molar-refractivity contribution in [2.75, 3.05) is 72.0 Å². The highest BCUT2D eigenvalue weighted by Crippen LogP contribution is 2.24. The van der Waals surface area contributed by atoms with Crippen molar-refractivity contribution >= 4 is 18.0 Å². The number of hydrazone groups is 1. The van der Waals surface area contributed by atoms with E-state index in [-0.39, 0.29) is 17.6 Å². The fraction of sp³-hybridized carbons (Fsp3) is 0.340. The monoisotopic (exact) mass is 785 g/mol. The van der Waals surface area contributed by atoms with E-state index in [0.29, 0.717) is 50.2 Å². The average molecular weight is 786 g/mol. The van der Waals surface area contributed by atoms with Crippen LogP contribution in [0.3, 0.4) is 0 Å². The van der Waals surface area contributed by atoms with Gasteiger partial charge in [-0.05, 0) is 53.1 Å². The van der Waals surface area contributed by atoms with Crippen molar-refractivity contribution in [3.63, 3.8) is 0 Å². The summed E-state index contributed by atoms with van der Waals surface area (Å²) in [5.74, 6) is 0.374. The lowest BCUT2D eigenvalue weighted by molar-refractivity contribution is -0.123. The molecule has 2 aliphatic rings. The minimum atomic E-state index is -0.153. The lowest BCUT2D eigenvalue weighted by Crippen LogP contribution is -2.49. The Morgan fingerprint density at radius 1 is 0.586 bits per heavy atom. The molecule has 4 N–H and O–H groups in total. The minimum absolute atomic E-state index is 0.0447. The number of nitrogens with one attached hydrogen (secondary N) is 2. The zero-order valence-electron chi connectivity index (χ0n) is 33.6. The summed E-state index contributed by atoms with van der Waals surface area (Å²) in [6.45, 7) is 18.0. The van der Waals surface area contributed by atoms with Gasteiger partial charge in [0.1, 0.15) is 11.5 Å². The third kappa shape index (κ3) is 14.4. The predicted molar refractivity (Wildman–Crippen MR) is 233 cm³/mol. The van der Waals surface area contributed by atoms with Gasteiger partial charge in [-0.3, -0.25) is 29.2 Å². The first kappa shape index (κ1) is 43.5. The molecule has 0 bridgehead atoms. The van der Waals surface area contributed by atoms with Crippen molar-refractivity contribution in [3.05, 3.63) is 156 Å². The smallest absolute Gasteiger partial charge is 0.254 e. The molecule has 0 aromatic heterocycles. The Morgan fingerprint density at radius 3 is 1.59 bits per heavy atom. The molecule has 2 amide bonds. The summed E-state index contributed by atoms with van der Waals surface area (Å²) in [6.07, 6.45) is 6.82. The van der Waals surface area contributed by atoms with E-state index >= 15 is 0 Å². The SMILES string of the molecule is C=CCc1cccc(/C=N/NC(=O)CN2CCN(Cc3ccccc3)CC2)c1O.C=CCc1cccc(CCNC(=O)CN2CCN(Cc3ccccc3)CC2)c1O. The first-order chi connectivity index (χ1) is 28.3. The number of hydrogen-bond donors (Lipinski definition) is 4. The fourth-order valence-corrected chi connectivity index (χ4v) is 7.10. The zero-order chi connectivity index (χ0) is 41.0. The lowest BCUT2D eigenvalue weighted by atomic mass is 10.0. The third-order valence-electron chi connectivity index (χ3n) is 10.4.